The molecule has 27 heavy (non-hydrogen) atoms. The monoisotopic (exact) mass is 395 g/mol. The van der Waals surface area contributed by atoms with Crippen molar-refractivity contribution >= 4 is 10.0 Å². The van der Waals surface area contributed by atoms with Crippen molar-refractivity contribution in [1.29, 1.82) is 0 Å². The predicted octanol–water partition coefficient (Wildman–Crippen LogP) is 1.34. The minimum absolute atomic E-state index is 0.0866. The standard InChI is InChI=1S/C17H21N3O6S/c1-23-12-4-5-15(14(10-12)24-2)27(21,22)20-9-6-13(11-20)26-17-16(25-3)18-7-8-19-17/h4-5,7-8,10,13H,6,9,11H2,1-3H3. The molecular formula is C17H21N3O6S. The third-order valence-electron chi connectivity index (χ3n) is 4.20. The lowest BCUT2D eigenvalue weighted by atomic mass is 10.3. The summed E-state index contributed by atoms with van der Waals surface area (Å²) in [6.45, 7) is 0.516. The van der Waals surface area contributed by atoms with E-state index in [1.807, 2.05) is 0 Å². The molecule has 2 aromatic rings. The summed E-state index contributed by atoms with van der Waals surface area (Å²) in [6.07, 6.45) is 3.16. The summed E-state index contributed by atoms with van der Waals surface area (Å²) >= 11 is 0. The zero-order valence-electron chi connectivity index (χ0n) is 15.3. The van der Waals surface area contributed by atoms with Gasteiger partial charge in [-0.15, -0.1) is 0 Å². The fourth-order valence-electron chi connectivity index (χ4n) is 2.83. The molecule has 9 nitrogen and oxygen atoms in total. The van der Waals surface area contributed by atoms with Crippen LogP contribution in [-0.2, 0) is 10.0 Å². The Labute approximate surface area is 157 Å². The van der Waals surface area contributed by atoms with E-state index in [-0.39, 0.29) is 35.1 Å². The van der Waals surface area contributed by atoms with Gasteiger partial charge in [-0.05, 0) is 18.6 Å². The topological polar surface area (TPSA) is 100 Å². The number of benzene rings is 1. The number of sulfonamides is 1. The van der Waals surface area contributed by atoms with E-state index in [9.17, 15) is 8.42 Å². The lowest BCUT2D eigenvalue weighted by molar-refractivity contribution is 0.194. The van der Waals surface area contributed by atoms with Crippen LogP contribution in [0.5, 0.6) is 23.3 Å². The van der Waals surface area contributed by atoms with Crippen molar-refractivity contribution in [2.45, 2.75) is 17.4 Å². The van der Waals surface area contributed by atoms with Gasteiger partial charge in [0.1, 0.15) is 22.5 Å². The van der Waals surface area contributed by atoms with Gasteiger partial charge < -0.3 is 18.9 Å². The van der Waals surface area contributed by atoms with Gasteiger partial charge in [0.05, 0.1) is 27.9 Å². The third-order valence-corrected chi connectivity index (χ3v) is 6.11. The lowest BCUT2D eigenvalue weighted by Crippen LogP contribution is -2.31. The van der Waals surface area contributed by atoms with Crippen LogP contribution in [0.25, 0.3) is 0 Å². The van der Waals surface area contributed by atoms with Gasteiger partial charge in [-0.3, -0.25) is 0 Å². The van der Waals surface area contributed by atoms with Gasteiger partial charge in [0.25, 0.3) is 11.8 Å². The highest BCUT2D eigenvalue weighted by molar-refractivity contribution is 7.89. The highest BCUT2D eigenvalue weighted by Crippen LogP contribution is 2.33. The van der Waals surface area contributed by atoms with Crippen LogP contribution in [0.3, 0.4) is 0 Å². The van der Waals surface area contributed by atoms with Gasteiger partial charge in [-0.2, -0.15) is 4.31 Å². The lowest BCUT2D eigenvalue weighted by Gasteiger charge is -2.19. The van der Waals surface area contributed by atoms with Crippen molar-refractivity contribution in [2.24, 2.45) is 0 Å². The zero-order valence-corrected chi connectivity index (χ0v) is 16.1. The molecule has 0 spiro atoms. The van der Waals surface area contributed by atoms with Crippen LogP contribution in [0, 0.1) is 0 Å². The van der Waals surface area contributed by atoms with E-state index in [2.05, 4.69) is 9.97 Å². The first-order chi connectivity index (χ1) is 13.0. The molecule has 1 unspecified atom stereocenters. The molecule has 1 atom stereocenters. The molecule has 1 aromatic carbocycles. The van der Waals surface area contributed by atoms with Gasteiger partial charge in [-0.25, -0.2) is 18.4 Å². The number of ether oxygens (including phenoxy) is 4. The highest BCUT2D eigenvalue weighted by Gasteiger charge is 2.36. The second-order valence-electron chi connectivity index (χ2n) is 5.78. The maximum atomic E-state index is 13.0. The molecule has 0 aliphatic carbocycles. The number of hydrogen-bond acceptors (Lipinski definition) is 8. The van der Waals surface area contributed by atoms with Crippen LogP contribution in [0.4, 0.5) is 0 Å². The van der Waals surface area contributed by atoms with Crippen LogP contribution >= 0.6 is 0 Å². The van der Waals surface area contributed by atoms with Crippen molar-refractivity contribution in [3.8, 4) is 23.3 Å². The molecule has 2 heterocycles. The number of nitrogens with zero attached hydrogens (tertiary/aromatic N) is 3. The van der Waals surface area contributed by atoms with Crippen LogP contribution in [0.2, 0.25) is 0 Å². The van der Waals surface area contributed by atoms with Gasteiger partial charge >= 0.3 is 0 Å². The molecule has 0 amide bonds. The first kappa shape index (κ1) is 19.2. The van der Waals surface area contributed by atoms with Crippen molar-refractivity contribution in [3.63, 3.8) is 0 Å². The van der Waals surface area contributed by atoms with E-state index < -0.39 is 10.0 Å². The van der Waals surface area contributed by atoms with Crippen LogP contribution in [0.1, 0.15) is 6.42 Å². The van der Waals surface area contributed by atoms with Gasteiger partial charge in [-0.1, -0.05) is 0 Å². The SMILES string of the molecule is COc1ccc(S(=O)(=O)N2CCC(Oc3nccnc3OC)C2)c(OC)c1. The summed E-state index contributed by atoms with van der Waals surface area (Å²) in [5.41, 5.74) is 0. The minimum Gasteiger partial charge on any atom is -0.497 e. The molecule has 1 aliphatic rings. The van der Waals surface area contributed by atoms with Crippen LogP contribution in [-0.4, -0.2) is 63.2 Å². The van der Waals surface area contributed by atoms with Gasteiger partial charge in [0, 0.05) is 25.0 Å². The number of aromatic nitrogens is 2. The first-order valence-corrected chi connectivity index (χ1v) is 9.67. The van der Waals surface area contributed by atoms with Crippen molar-refractivity contribution in [1.82, 2.24) is 14.3 Å². The summed E-state index contributed by atoms with van der Waals surface area (Å²) in [5.74, 6) is 1.25. The molecule has 0 N–H and O–H groups in total. The summed E-state index contributed by atoms with van der Waals surface area (Å²) in [4.78, 5) is 8.20. The molecule has 0 bridgehead atoms. The fraction of sp³-hybridized carbons (Fsp3) is 0.412. The van der Waals surface area contributed by atoms with Crippen molar-refractivity contribution < 1.29 is 27.4 Å². The summed E-state index contributed by atoms with van der Waals surface area (Å²) < 4.78 is 48.7. The quantitative estimate of drug-likeness (QED) is 0.693. The molecule has 1 aliphatic heterocycles. The predicted molar refractivity (Wildman–Crippen MR) is 95.9 cm³/mol. The molecule has 1 saturated heterocycles. The average Bonchev–Trinajstić information content (AvgIpc) is 3.17. The molecule has 146 valence electrons. The molecule has 3 rings (SSSR count). The van der Waals surface area contributed by atoms with E-state index in [0.717, 1.165) is 0 Å². The Balaban J connectivity index is 1.78. The summed E-state index contributed by atoms with van der Waals surface area (Å²) in [5, 5.41) is 0. The van der Waals surface area contributed by atoms with Crippen molar-refractivity contribution in [2.75, 3.05) is 34.4 Å². The Morgan fingerprint density at radius 2 is 1.78 bits per heavy atom. The first-order valence-electron chi connectivity index (χ1n) is 8.23. The van der Waals surface area contributed by atoms with E-state index >= 15 is 0 Å². The van der Waals surface area contributed by atoms with Crippen LogP contribution in [0.15, 0.2) is 35.5 Å². The Kier molecular flexibility index (Phi) is 5.66. The number of methoxy groups -OCH3 is 3. The van der Waals surface area contributed by atoms with E-state index in [1.165, 1.54) is 44.1 Å². The second-order valence-corrected chi connectivity index (χ2v) is 7.69. The van der Waals surface area contributed by atoms with Gasteiger partial charge in [0.2, 0.25) is 10.0 Å². The summed E-state index contributed by atoms with van der Waals surface area (Å²) in [6, 6.07) is 4.61. The Morgan fingerprint density at radius 1 is 1.04 bits per heavy atom. The Morgan fingerprint density at radius 3 is 2.44 bits per heavy atom. The van der Waals surface area contributed by atoms with Crippen LogP contribution < -0.4 is 18.9 Å². The molecule has 1 aromatic heterocycles. The Hall–Kier alpha value is -2.59. The zero-order chi connectivity index (χ0) is 19.4. The maximum absolute atomic E-state index is 13.0. The Bertz CT molecular complexity index is 905. The number of hydrogen-bond donors (Lipinski definition) is 0. The largest absolute Gasteiger partial charge is 0.497 e. The fourth-order valence-corrected chi connectivity index (χ4v) is 4.45. The highest BCUT2D eigenvalue weighted by atomic mass is 32.2. The molecule has 0 saturated carbocycles. The smallest absolute Gasteiger partial charge is 0.278 e. The van der Waals surface area contributed by atoms with Gasteiger partial charge in [0.15, 0.2) is 0 Å². The van der Waals surface area contributed by atoms with Crippen molar-refractivity contribution in [3.05, 3.63) is 30.6 Å². The second kappa shape index (κ2) is 7.97. The third kappa shape index (κ3) is 3.91. The molecular weight excluding hydrogens is 374 g/mol. The van der Waals surface area contributed by atoms with E-state index in [1.54, 1.807) is 12.1 Å². The van der Waals surface area contributed by atoms with E-state index in [4.69, 9.17) is 18.9 Å². The minimum atomic E-state index is -3.74. The average molecular weight is 395 g/mol. The molecule has 0 radical (unpaired) electrons. The maximum Gasteiger partial charge on any atom is 0.278 e. The normalized spacial score (nSPS) is 17.5. The molecule has 1 fully saturated rings. The summed E-state index contributed by atoms with van der Waals surface area (Å²) in [7, 11) is 0.655. The number of rotatable bonds is 7. The molecule has 10 heteroatoms. The van der Waals surface area contributed by atoms with E-state index in [0.29, 0.717) is 18.7 Å².